The van der Waals surface area contributed by atoms with Crippen LogP contribution in [0.4, 0.5) is 13.2 Å². The van der Waals surface area contributed by atoms with Gasteiger partial charge in [-0.3, -0.25) is 9.78 Å². The number of carboxylic acids is 1. The van der Waals surface area contributed by atoms with Gasteiger partial charge >= 0.3 is 5.97 Å². The number of carboxylic acid groups (broad SMARTS) is 1. The molecule has 8 heteroatoms. The Morgan fingerprint density at radius 3 is 1.86 bits per heavy atom. The maximum atomic E-state index is 12.5. The second-order valence-corrected chi connectivity index (χ2v) is 3.65. The van der Waals surface area contributed by atoms with E-state index >= 15 is 0 Å². The fourth-order valence-corrected chi connectivity index (χ4v) is 1.26. The van der Waals surface area contributed by atoms with E-state index in [0.717, 1.165) is 0 Å². The van der Waals surface area contributed by atoms with E-state index in [4.69, 9.17) is 10.8 Å². The predicted molar refractivity (Wildman–Crippen MR) is 66.0 cm³/mol. The number of nitrogens with zero attached hydrogens (tertiary/aromatic N) is 1. The molecule has 110 valence electrons. The van der Waals surface area contributed by atoms with Crippen LogP contribution in [0.5, 0.6) is 0 Å². The third kappa shape index (κ3) is 4.60. The van der Waals surface area contributed by atoms with E-state index in [1.54, 1.807) is 12.1 Å². The second kappa shape index (κ2) is 7.04. The normalized spacial score (nSPS) is 9.48. The van der Waals surface area contributed by atoms with Crippen molar-refractivity contribution < 1.29 is 27.9 Å². The zero-order valence-corrected chi connectivity index (χ0v) is 10.4. The number of pyridine rings is 1. The van der Waals surface area contributed by atoms with Crippen molar-refractivity contribution in [2.45, 2.75) is 0 Å². The summed E-state index contributed by atoms with van der Waals surface area (Å²) in [6.45, 7) is 0. The molecule has 0 aliphatic carbocycles. The van der Waals surface area contributed by atoms with Crippen molar-refractivity contribution in [3.05, 3.63) is 65.2 Å². The molecule has 0 aliphatic rings. The number of nitrogens with two attached hydrogens (primary N) is 1. The molecule has 0 unspecified atom stereocenters. The number of carbonyl (C=O) groups excluding carboxylic acids is 1. The van der Waals surface area contributed by atoms with Gasteiger partial charge in [0, 0.05) is 30.1 Å². The van der Waals surface area contributed by atoms with E-state index in [1.165, 1.54) is 12.4 Å². The van der Waals surface area contributed by atoms with E-state index in [0.29, 0.717) is 17.7 Å². The van der Waals surface area contributed by atoms with Crippen LogP contribution < -0.4 is 5.73 Å². The lowest BCUT2D eigenvalue weighted by atomic mass is 10.2. The van der Waals surface area contributed by atoms with Gasteiger partial charge in [-0.2, -0.15) is 0 Å². The van der Waals surface area contributed by atoms with Gasteiger partial charge in [0.2, 0.25) is 5.91 Å². The number of aromatic nitrogens is 1. The fourth-order valence-electron chi connectivity index (χ4n) is 1.26. The number of carbonyl (C=O) groups is 2. The zero-order chi connectivity index (χ0) is 16.0. The van der Waals surface area contributed by atoms with E-state index in [2.05, 4.69) is 4.98 Å². The number of amides is 1. The first-order chi connectivity index (χ1) is 9.82. The molecule has 5 nitrogen and oxygen atoms in total. The predicted octanol–water partition coefficient (Wildman–Crippen LogP) is 1.98. The summed E-state index contributed by atoms with van der Waals surface area (Å²) in [5.41, 5.74) is 4.30. The first-order valence-corrected chi connectivity index (χ1v) is 5.40. The Kier molecular flexibility index (Phi) is 5.41. The summed E-state index contributed by atoms with van der Waals surface area (Å²) in [6, 6.07) is 3.77. The number of rotatable bonds is 2. The molecule has 21 heavy (non-hydrogen) atoms. The van der Waals surface area contributed by atoms with Crippen molar-refractivity contribution in [3.8, 4) is 0 Å². The quantitative estimate of drug-likeness (QED) is 0.886. The number of primary amides is 1. The zero-order valence-electron chi connectivity index (χ0n) is 10.4. The Morgan fingerprint density at radius 1 is 1.05 bits per heavy atom. The molecule has 0 spiro atoms. The Balaban J connectivity index is 0.000000219. The average Bonchev–Trinajstić information content (AvgIpc) is 2.38. The summed E-state index contributed by atoms with van der Waals surface area (Å²) in [5, 5.41) is 8.23. The Bertz CT molecular complexity index is 640. The number of hydrogen-bond donors (Lipinski definition) is 2. The molecule has 0 bridgehead atoms. The van der Waals surface area contributed by atoms with Gasteiger partial charge in [-0.1, -0.05) is 0 Å². The molecule has 1 amide bonds. The highest BCUT2D eigenvalue weighted by molar-refractivity contribution is 5.92. The molecular formula is C13H9F3N2O3. The Hall–Kier alpha value is -2.90. The average molecular weight is 298 g/mol. The lowest BCUT2D eigenvalue weighted by Gasteiger charge is -1.98. The van der Waals surface area contributed by atoms with Crippen LogP contribution in [0.2, 0.25) is 0 Å². The van der Waals surface area contributed by atoms with Crippen LogP contribution in [-0.2, 0) is 0 Å². The largest absolute Gasteiger partial charge is 0.477 e. The maximum absolute atomic E-state index is 12.5. The highest BCUT2D eigenvalue weighted by Crippen LogP contribution is 2.14. The third-order valence-corrected chi connectivity index (χ3v) is 2.19. The highest BCUT2D eigenvalue weighted by Gasteiger charge is 2.17. The molecule has 0 radical (unpaired) electrons. The van der Waals surface area contributed by atoms with Crippen LogP contribution in [0, 0.1) is 17.5 Å². The first kappa shape index (κ1) is 16.2. The van der Waals surface area contributed by atoms with Crippen LogP contribution in [0.25, 0.3) is 0 Å². The minimum absolute atomic E-state index is 0.312. The van der Waals surface area contributed by atoms with Gasteiger partial charge in [-0.25, -0.2) is 18.0 Å². The van der Waals surface area contributed by atoms with Gasteiger partial charge in [-0.15, -0.1) is 0 Å². The smallest absolute Gasteiger partial charge is 0.341 e. The molecule has 1 aromatic heterocycles. The van der Waals surface area contributed by atoms with Crippen molar-refractivity contribution in [3.63, 3.8) is 0 Å². The summed E-state index contributed by atoms with van der Waals surface area (Å²) in [7, 11) is 0. The molecule has 3 N–H and O–H groups in total. The van der Waals surface area contributed by atoms with Crippen molar-refractivity contribution in [1.82, 2.24) is 4.98 Å². The third-order valence-electron chi connectivity index (χ3n) is 2.19. The van der Waals surface area contributed by atoms with E-state index < -0.39 is 34.9 Å². The molecule has 2 rings (SSSR count). The summed E-state index contributed by atoms with van der Waals surface area (Å²) < 4.78 is 37.2. The molecule has 2 aromatic rings. The number of benzene rings is 1. The monoisotopic (exact) mass is 298 g/mol. The van der Waals surface area contributed by atoms with Crippen molar-refractivity contribution in [2.24, 2.45) is 5.73 Å². The van der Waals surface area contributed by atoms with Crippen LogP contribution in [-0.4, -0.2) is 22.0 Å². The summed E-state index contributed by atoms with van der Waals surface area (Å²) >= 11 is 0. The van der Waals surface area contributed by atoms with Crippen molar-refractivity contribution in [2.75, 3.05) is 0 Å². The van der Waals surface area contributed by atoms with E-state index in [1.807, 2.05) is 0 Å². The summed E-state index contributed by atoms with van der Waals surface area (Å²) in [5.74, 6) is -6.16. The minimum Gasteiger partial charge on any atom is -0.477 e. The van der Waals surface area contributed by atoms with Crippen LogP contribution in [0.3, 0.4) is 0 Å². The number of halogens is 3. The molecular weight excluding hydrogens is 289 g/mol. The molecule has 0 atom stereocenters. The van der Waals surface area contributed by atoms with Gasteiger partial charge < -0.3 is 10.8 Å². The molecule has 1 heterocycles. The molecule has 0 saturated carbocycles. The van der Waals surface area contributed by atoms with E-state index in [-0.39, 0.29) is 0 Å². The topological polar surface area (TPSA) is 93.3 Å². The van der Waals surface area contributed by atoms with Crippen molar-refractivity contribution >= 4 is 11.9 Å². The van der Waals surface area contributed by atoms with Crippen LogP contribution in [0.1, 0.15) is 20.7 Å². The minimum atomic E-state index is -1.76. The second-order valence-electron chi connectivity index (χ2n) is 3.65. The Morgan fingerprint density at radius 2 is 1.52 bits per heavy atom. The van der Waals surface area contributed by atoms with E-state index in [9.17, 15) is 22.8 Å². The lowest BCUT2D eigenvalue weighted by Crippen LogP contribution is -2.10. The SMILES string of the molecule is NC(=O)c1ccncc1.O=C(O)c1c(F)cc(F)cc1F. The first-order valence-electron chi connectivity index (χ1n) is 5.40. The Labute approximate surface area is 116 Å². The molecule has 0 fully saturated rings. The standard InChI is InChI=1S/C7H3F3O2.C6H6N2O/c8-3-1-4(9)6(7(11)12)5(10)2-3;7-6(9)5-1-3-8-4-2-5/h1-2H,(H,11,12);1-4H,(H2,7,9). The van der Waals surface area contributed by atoms with Crippen LogP contribution in [0.15, 0.2) is 36.7 Å². The molecule has 0 aliphatic heterocycles. The number of aromatic carboxylic acids is 1. The summed E-state index contributed by atoms with van der Waals surface area (Å²) in [6.07, 6.45) is 3.06. The maximum Gasteiger partial charge on any atom is 0.341 e. The number of hydrogen-bond acceptors (Lipinski definition) is 3. The molecule has 1 aromatic carbocycles. The fraction of sp³-hybridized carbons (Fsp3) is 0. The summed E-state index contributed by atoms with van der Waals surface area (Å²) in [4.78, 5) is 24.3. The van der Waals surface area contributed by atoms with Crippen LogP contribution >= 0.6 is 0 Å². The van der Waals surface area contributed by atoms with Gasteiger partial charge in [0.05, 0.1) is 0 Å². The van der Waals surface area contributed by atoms with Gasteiger partial charge in [0.25, 0.3) is 0 Å². The molecule has 0 saturated heterocycles. The van der Waals surface area contributed by atoms with Gasteiger partial charge in [0.15, 0.2) is 0 Å². The lowest BCUT2D eigenvalue weighted by molar-refractivity contribution is 0.0686. The van der Waals surface area contributed by atoms with Gasteiger partial charge in [-0.05, 0) is 12.1 Å². The van der Waals surface area contributed by atoms with Crippen molar-refractivity contribution in [1.29, 1.82) is 0 Å². The van der Waals surface area contributed by atoms with Gasteiger partial charge in [0.1, 0.15) is 23.0 Å². The highest BCUT2D eigenvalue weighted by atomic mass is 19.1.